The average molecular weight is 332 g/mol. The number of pyridine rings is 1. The first-order valence-electron chi connectivity index (χ1n) is 7.59. The molecule has 0 aliphatic carbocycles. The maximum Gasteiger partial charge on any atom is 0.200 e. The summed E-state index contributed by atoms with van der Waals surface area (Å²) in [6, 6.07) is 16.9. The van der Waals surface area contributed by atoms with Crippen LogP contribution in [-0.2, 0) is 0 Å². The van der Waals surface area contributed by atoms with Crippen LogP contribution in [0.15, 0.2) is 48.5 Å². The SMILES string of the molecule is COc1cc(/C(C#N)=C/c2ccc3ccccc3n2)cc(OC)c1O. The maximum atomic E-state index is 10.0. The van der Waals surface area contributed by atoms with Gasteiger partial charge in [0.05, 0.1) is 37.1 Å². The van der Waals surface area contributed by atoms with E-state index in [1.807, 2.05) is 36.4 Å². The summed E-state index contributed by atoms with van der Waals surface area (Å²) < 4.78 is 10.3. The van der Waals surface area contributed by atoms with Crippen molar-refractivity contribution in [3.63, 3.8) is 0 Å². The topological polar surface area (TPSA) is 75.4 Å². The molecule has 0 amide bonds. The van der Waals surface area contributed by atoms with Crippen LogP contribution in [0.2, 0.25) is 0 Å². The monoisotopic (exact) mass is 332 g/mol. The molecule has 124 valence electrons. The summed E-state index contributed by atoms with van der Waals surface area (Å²) in [7, 11) is 2.89. The molecule has 3 aromatic rings. The number of hydrogen-bond acceptors (Lipinski definition) is 5. The van der Waals surface area contributed by atoms with Gasteiger partial charge in [-0.3, -0.25) is 0 Å². The molecule has 3 rings (SSSR count). The number of rotatable bonds is 4. The Balaban J connectivity index is 2.10. The molecule has 0 unspecified atom stereocenters. The normalized spacial score (nSPS) is 11.2. The molecule has 0 spiro atoms. The van der Waals surface area contributed by atoms with Crippen LogP contribution in [-0.4, -0.2) is 24.3 Å². The van der Waals surface area contributed by atoms with E-state index in [0.29, 0.717) is 16.8 Å². The van der Waals surface area contributed by atoms with E-state index in [1.165, 1.54) is 14.2 Å². The van der Waals surface area contributed by atoms with Gasteiger partial charge in [0.1, 0.15) is 0 Å². The number of aromatic nitrogens is 1. The predicted molar refractivity (Wildman–Crippen MR) is 96.4 cm³/mol. The lowest BCUT2D eigenvalue weighted by Gasteiger charge is -2.10. The fourth-order valence-electron chi connectivity index (χ4n) is 2.54. The number of ether oxygens (including phenoxy) is 2. The number of methoxy groups -OCH3 is 2. The van der Waals surface area contributed by atoms with Crippen LogP contribution in [0.4, 0.5) is 0 Å². The third kappa shape index (κ3) is 3.24. The van der Waals surface area contributed by atoms with Crippen molar-refractivity contribution in [2.45, 2.75) is 0 Å². The van der Waals surface area contributed by atoms with E-state index in [1.54, 1.807) is 18.2 Å². The highest BCUT2D eigenvalue weighted by Gasteiger charge is 2.13. The highest BCUT2D eigenvalue weighted by Crippen LogP contribution is 2.39. The Morgan fingerprint density at radius 1 is 1.08 bits per heavy atom. The molecular formula is C20H16N2O3. The molecule has 2 aromatic carbocycles. The van der Waals surface area contributed by atoms with E-state index in [9.17, 15) is 10.4 Å². The minimum atomic E-state index is -0.102. The number of para-hydroxylation sites is 1. The Hall–Kier alpha value is -3.52. The number of phenolic OH excluding ortho intramolecular Hbond substituents is 1. The molecule has 1 aromatic heterocycles. The van der Waals surface area contributed by atoms with Crippen LogP contribution in [0.1, 0.15) is 11.3 Å². The van der Waals surface area contributed by atoms with Crippen LogP contribution in [0.25, 0.3) is 22.6 Å². The third-order valence-corrected chi connectivity index (χ3v) is 3.82. The first-order valence-corrected chi connectivity index (χ1v) is 7.59. The number of phenols is 1. The minimum absolute atomic E-state index is 0.102. The second-order valence-corrected chi connectivity index (χ2v) is 5.33. The van der Waals surface area contributed by atoms with Gasteiger partial charge in [-0.15, -0.1) is 0 Å². The molecule has 1 heterocycles. The van der Waals surface area contributed by atoms with E-state index >= 15 is 0 Å². The Morgan fingerprint density at radius 3 is 2.40 bits per heavy atom. The van der Waals surface area contributed by atoms with Crippen molar-refractivity contribution in [1.82, 2.24) is 4.98 Å². The number of nitriles is 1. The first kappa shape index (κ1) is 16.3. The number of fused-ring (bicyclic) bond motifs is 1. The lowest BCUT2D eigenvalue weighted by molar-refractivity contribution is 0.339. The lowest BCUT2D eigenvalue weighted by atomic mass is 10.0. The van der Waals surface area contributed by atoms with Gasteiger partial charge in [-0.05, 0) is 35.9 Å². The molecule has 0 aliphatic rings. The van der Waals surface area contributed by atoms with Crippen molar-refractivity contribution in [1.29, 1.82) is 5.26 Å². The van der Waals surface area contributed by atoms with E-state index < -0.39 is 0 Å². The standard InChI is InChI=1S/C20H16N2O3/c1-24-18-10-14(11-19(25-2)20(18)23)15(12-21)9-16-8-7-13-5-3-4-6-17(13)22-16/h3-11,23H,1-2H3/b15-9+. The van der Waals surface area contributed by atoms with Gasteiger partial charge in [0.25, 0.3) is 0 Å². The highest BCUT2D eigenvalue weighted by atomic mass is 16.5. The second kappa shape index (κ2) is 6.93. The zero-order chi connectivity index (χ0) is 17.8. The van der Waals surface area contributed by atoms with Crippen LogP contribution >= 0.6 is 0 Å². The molecule has 25 heavy (non-hydrogen) atoms. The zero-order valence-electron chi connectivity index (χ0n) is 13.9. The van der Waals surface area contributed by atoms with E-state index in [4.69, 9.17) is 9.47 Å². The number of aromatic hydroxyl groups is 1. The Labute approximate surface area is 145 Å². The van der Waals surface area contributed by atoms with Crippen molar-refractivity contribution in [3.05, 3.63) is 59.8 Å². The van der Waals surface area contributed by atoms with Gasteiger partial charge in [0, 0.05) is 5.39 Å². The van der Waals surface area contributed by atoms with Crippen molar-refractivity contribution in [2.75, 3.05) is 14.2 Å². The van der Waals surface area contributed by atoms with Crippen LogP contribution < -0.4 is 9.47 Å². The molecule has 0 fully saturated rings. The zero-order valence-corrected chi connectivity index (χ0v) is 13.9. The highest BCUT2D eigenvalue weighted by molar-refractivity contribution is 5.91. The van der Waals surface area contributed by atoms with Crippen molar-refractivity contribution < 1.29 is 14.6 Å². The summed E-state index contributed by atoms with van der Waals surface area (Å²) in [6.45, 7) is 0. The number of hydrogen-bond donors (Lipinski definition) is 1. The fourth-order valence-corrected chi connectivity index (χ4v) is 2.54. The summed E-state index contributed by atoms with van der Waals surface area (Å²) in [4.78, 5) is 4.55. The Morgan fingerprint density at radius 2 is 1.76 bits per heavy atom. The molecule has 0 radical (unpaired) electrons. The van der Waals surface area contributed by atoms with E-state index in [2.05, 4.69) is 11.1 Å². The fraction of sp³-hybridized carbons (Fsp3) is 0.100. The molecule has 0 saturated heterocycles. The molecule has 5 nitrogen and oxygen atoms in total. The van der Waals surface area contributed by atoms with Gasteiger partial charge in [-0.25, -0.2) is 4.98 Å². The smallest absolute Gasteiger partial charge is 0.200 e. The largest absolute Gasteiger partial charge is 0.502 e. The maximum absolute atomic E-state index is 10.0. The quantitative estimate of drug-likeness (QED) is 0.730. The van der Waals surface area contributed by atoms with Crippen LogP contribution in [0.3, 0.4) is 0 Å². The summed E-state index contributed by atoms with van der Waals surface area (Å²) in [5, 5.41) is 20.6. The third-order valence-electron chi connectivity index (χ3n) is 3.82. The van der Waals surface area contributed by atoms with Gasteiger partial charge in [-0.2, -0.15) is 5.26 Å². The second-order valence-electron chi connectivity index (χ2n) is 5.33. The lowest BCUT2D eigenvalue weighted by Crippen LogP contribution is -1.92. The molecule has 1 N–H and O–H groups in total. The van der Waals surface area contributed by atoms with Gasteiger partial charge in [-0.1, -0.05) is 24.3 Å². The Bertz CT molecular complexity index is 978. The van der Waals surface area contributed by atoms with Crippen molar-refractivity contribution in [3.8, 4) is 23.3 Å². The number of nitrogens with zero attached hydrogens (tertiary/aromatic N) is 2. The number of benzene rings is 2. The molecular weight excluding hydrogens is 316 g/mol. The predicted octanol–water partition coefficient (Wildman–Crippen LogP) is 4.02. The van der Waals surface area contributed by atoms with Gasteiger partial charge < -0.3 is 14.6 Å². The minimum Gasteiger partial charge on any atom is -0.502 e. The first-order chi connectivity index (χ1) is 12.2. The van der Waals surface area contributed by atoms with Crippen LogP contribution in [0, 0.1) is 11.3 Å². The van der Waals surface area contributed by atoms with Crippen LogP contribution in [0.5, 0.6) is 17.2 Å². The van der Waals surface area contributed by atoms with Crippen molar-refractivity contribution >= 4 is 22.6 Å². The van der Waals surface area contributed by atoms with E-state index in [0.717, 1.165) is 10.9 Å². The summed E-state index contributed by atoms with van der Waals surface area (Å²) in [5.74, 6) is 0.374. The average Bonchev–Trinajstić information content (AvgIpc) is 2.66. The molecule has 0 saturated carbocycles. The summed E-state index contributed by atoms with van der Waals surface area (Å²) in [5.41, 5.74) is 2.49. The molecule has 5 heteroatoms. The van der Waals surface area contributed by atoms with Crippen molar-refractivity contribution in [2.24, 2.45) is 0 Å². The summed E-state index contributed by atoms with van der Waals surface area (Å²) in [6.07, 6.45) is 1.69. The number of allylic oxidation sites excluding steroid dienone is 1. The van der Waals surface area contributed by atoms with Gasteiger partial charge in [0.2, 0.25) is 5.75 Å². The van der Waals surface area contributed by atoms with E-state index in [-0.39, 0.29) is 17.2 Å². The van der Waals surface area contributed by atoms with Gasteiger partial charge in [0.15, 0.2) is 11.5 Å². The summed E-state index contributed by atoms with van der Waals surface area (Å²) >= 11 is 0. The molecule has 0 atom stereocenters. The van der Waals surface area contributed by atoms with Gasteiger partial charge >= 0.3 is 0 Å². The Kier molecular flexibility index (Phi) is 4.53. The molecule has 0 aliphatic heterocycles. The molecule has 0 bridgehead atoms.